The highest BCUT2D eigenvalue weighted by Crippen LogP contribution is 2.36. The summed E-state index contributed by atoms with van der Waals surface area (Å²) in [6, 6.07) is 2.72. The number of aryl methyl sites for hydroxylation is 1. The van der Waals surface area contributed by atoms with E-state index in [1.165, 1.54) is 13.2 Å². The van der Waals surface area contributed by atoms with E-state index in [9.17, 15) is 19.4 Å². The minimum atomic E-state index is -0.614. The second-order valence-corrected chi connectivity index (χ2v) is 6.71. The number of fused-ring (bicyclic) bond motifs is 1. The molecule has 1 heterocycles. The molecule has 1 aliphatic heterocycles. The van der Waals surface area contributed by atoms with Crippen LogP contribution in [0, 0.1) is 11.2 Å². The quantitative estimate of drug-likeness (QED) is 0.771. The molecule has 1 fully saturated rings. The first-order valence-corrected chi connectivity index (χ1v) is 8.15. The summed E-state index contributed by atoms with van der Waals surface area (Å²) >= 11 is 0. The van der Waals surface area contributed by atoms with Crippen LogP contribution in [-0.4, -0.2) is 54.6 Å². The normalized spacial score (nSPS) is 21.7. The average Bonchev–Trinajstić information content (AvgIpc) is 3.19. The summed E-state index contributed by atoms with van der Waals surface area (Å²) in [6.45, 7) is 0.545. The monoisotopic (exact) mass is 338 g/mol. The maximum Gasteiger partial charge on any atom is 0.317 e. The molecule has 0 saturated carbocycles. The molecule has 2 amide bonds. The van der Waals surface area contributed by atoms with Crippen LogP contribution in [0.4, 0.5) is 9.18 Å². The van der Waals surface area contributed by atoms with E-state index in [-0.39, 0.29) is 31.0 Å². The van der Waals surface area contributed by atoms with E-state index in [1.54, 1.807) is 11.0 Å². The van der Waals surface area contributed by atoms with Gasteiger partial charge in [0.05, 0.1) is 26.4 Å². The van der Waals surface area contributed by atoms with Gasteiger partial charge in [-0.3, -0.25) is 0 Å². The minimum absolute atomic E-state index is 0.143. The number of amides is 2. The second-order valence-electron chi connectivity index (χ2n) is 6.71. The molecule has 6 nitrogen and oxygen atoms in total. The van der Waals surface area contributed by atoms with Gasteiger partial charge < -0.3 is 25.2 Å². The molecule has 1 aromatic carbocycles. The van der Waals surface area contributed by atoms with Crippen molar-refractivity contribution in [2.24, 2.45) is 5.41 Å². The molecule has 132 valence electrons. The summed E-state index contributed by atoms with van der Waals surface area (Å²) in [6.07, 6.45) is 2.00. The zero-order valence-corrected chi connectivity index (χ0v) is 13.7. The number of benzene rings is 1. The van der Waals surface area contributed by atoms with Crippen LogP contribution in [-0.2, 0) is 6.42 Å². The average molecular weight is 338 g/mol. The van der Waals surface area contributed by atoms with Crippen molar-refractivity contribution in [2.45, 2.75) is 25.3 Å². The molecule has 0 bridgehead atoms. The summed E-state index contributed by atoms with van der Waals surface area (Å²) in [4.78, 5) is 14.1. The zero-order chi connectivity index (χ0) is 17.3. The lowest BCUT2D eigenvalue weighted by Gasteiger charge is -2.25. The fourth-order valence-corrected chi connectivity index (χ4v) is 3.57. The fourth-order valence-electron chi connectivity index (χ4n) is 3.57. The van der Waals surface area contributed by atoms with Gasteiger partial charge in [-0.2, -0.15) is 0 Å². The van der Waals surface area contributed by atoms with Crippen molar-refractivity contribution < 1.29 is 24.1 Å². The van der Waals surface area contributed by atoms with E-state index in [1.807, 2.05) is 0 Å². The Labute approximate surface area is 140 Å². The van der Waals surface area contributed by atoms with Crippen LogP contribution in [0.2, 0.25) is 0 Å². The molecule has 0 radical (unpaired) electrons. The highest BCUT2D eigenvalue weighted by Gasteiger charge is 2.40. The lowest BCUT2D eigenvalue weighted by atomic mass is 9.89. The number of carbonyl (C=O) groups is 1. The first kappa shape index (κ1) is 17.0. The molecule has 3 rings (SSSR count). The summed E-state index contributed by atoms with van der Waals surface area (Å²) < 4.78 is 18.8. The Morgan fingerprint density at radius 3 is 2.83 bits per heavy atom. The van der Waals surface area contributed by atoms with Gasteiger partial charge >= 0.3 is 6.03 Å². The SMILES string of the molecule is COc1cc2c(cc1F)CCC2NC(=O)N1CCC(CO)(CO)C1. The highest BCUT2D eigenvalue weighted by atomic mass is 19.1. The third-order valence-corrected chi connectivity index (χ3v) is 5.19. The van der Waals surface area contributed by atoms with Crippen LogP contribution in [0.25, 0.3) is 0 Å². The Bertz CT molecular complexity index is 633. The predicted octanol–water partition coefficient (Wildman–Crippen LogP) is 1.21. The van der Waals surface area contributed by atoms with Crippen LogP contribution in [0.15, 0.2) is 12.1 Å². The number of likely N-dealkylation sites (tertiary alicyclic amines) is 1. The lowest BCUT2D eigenvalue weighted by Crippen LogP contribution is -2.42. The molecular weight excluding hydrogens is 315 g/mol. The van der Waals surface area contributed by atoms with Gasteiger partial charge in [0.25, 0.3) is 0 Å². The molecule has 0 aromatic heterocycles. The Balaban J connectivity index is 1.70. The number of rotatable bonds is 4. The van der Waals surface area contributed by atoms with Crippen molar-refractivity contribution in [1.29, 1.82) is 0 Å². The smallest absolute Gasteiger partial charge is 0.317 e. The molecule has 0 spiro atoms. The number of aliphatic hydroxyl groups is 2. The number of carbonyl (C=O) groups excluding carboxylic acids is 1. The molecular formula is C17H23FN2O4. The van der Waals surface area contributed by atoms with Crippen molar-refractivity contribution in [2.75, 3.05) is 33.4 Å². The fraction of sp³-hybridized carbons (Fsp3) is 0.588. The zero-order valence-electron chi connectivity index (χ0n) is 13.7. The van der Waals surface area contributed by atoms with E-state index < -0.39 is 11.2 Å². The summed E-state index contributed by atoms with van der Waals surface area (Å²) in [5.74, 6) is -0.214. The van der Waals surface area contributed by atoms with Crippen LogP contribution in [0.1, 0.15) is 30.0 Å². The Morgan fingerprint density at radius 1 is 1.46 bits per heavy atom. The topological polar surface area (TPSA) is 82.0 Å². The summed E-state index contributed by atoms with van der Waals surface area (Å²) in [5, 5.41) is 21.9. The predicted molar refractivity (Wildman–Crippen MR) is 85.3 cm³/mol. The third kappa shape index (κ3) is 2.93. The van der Waals surface area contributed by atoms with E-state index in [2.05, 4.69) is 5.32 Å². The van der Waals surface area contributed by atoms with Gasteiger partial charge in [-0.1, -0.05) is 0 Å². The summed E-state index contributed by atoms with van der Waals surface area (Å²) in [7, 11) is 1.42. The van der Waals surface area contributed by atoms with Gasteiger partial charge in [0.1, 0.15) is 0 Å². The van der Waals surface area contributed by atoms with Crippen molar-refractivity contribution in [3.05, 3.63) is 29.1 Å². The third-order valence-electron chi connectivity index (χ3n) is 5.19. The molecule has 1 unspecified atom stereocenters. The number of halogens is 1. The van der Waals surface area contributed by atoms with Crippen molar-refractivity contribution >= 4 is 6.03 Å². The second kappa shape index (κ2) is 6.57. The van der Waals surface area contributed by atoms with Crippen LogP contribution < -0.4 is 10.1 Å². The maximum absolute atomic E-state index is 13.8. The number of methoxy groups -OCH3 is 1. The lowest BCUT2D eigenvalue weighted by molar-refractivity contribution is 0.0640. The molecule has 24 heavy (non-hydrogen) atoms. The van der Waals surface area contributed by atoms with Gasteiger partial charge in [-0.15, -0.1) is 0 Å². The maximum atomic E-state index is 13.8. The van der Waals surface area contributed by atoms with Gasteiger partial charge in [-0.25, -0.2) is 9.18 Å². The van der Waals surface area contributed by atoms with Gasteiger partial charge in [-0.05, 0) is 42.5 Å². The molecule has 2 aliphatic rings. The number of nitrogens with one attached hydrogen (secondary N) is 1. The Morgan fingerprint density at radius 2 is 2.21 bits per heavy atom. The van der Waals surface area contributed by atoms with Crippen molar-refractivity contribution in [1.82, 2.24) is 10.2 Å². The number of urea groups is 1. The molecule has 1 atom stereocenters. The van der Waals surface area contributed by atoms with E-state index in [0.717, 1.165) is 11.1 Å². The molecule has 1 aromatic rings. The number of hydrogen-bond acceptors (Lipinski definition) is 4. The highest BCUT2D eigenvalue weighted by molar-refractivity contribution is 5.75. The van der Waals surface area contributed by atoms with Crippen LogP contribution >= 0.6 is 0 Å². The molecule has 1 aliphatic carbocycles. The number of aliphatic hydroxyl groups excluding tert-OH is 2. The molecule has 7 heteroatoms. The Hall–Kier alpha value is -1.86. The number of ether oxygens (including phenoxy) is 1. The van der Waals surface area contributed by atoms with Gasteiger partial charge in [0.2, 0.25) is 0 Å². The Kier molecular flexibility index (Phi) is 4.64. The van der Waals surface area contributed by atoms with Gasteiger partial charge in [0.15, 0.2) is 11.6 Å². The van der Waals surface area contributed by atoms with E-state index in [4.69, 9.17) is 4.74 Å². The van der Waals surface area contributed by atoms with E-state index >= 15 is 0 Å². The van der Waals surface area contributed by atoms with Gasteiger partial charge in [0, 0.05) is 18.5 Å². The summed E-state index contributed by atoms with van der Waals surface area (Å²) in [5.41, 5.74) is 1.16. The minimum Gasteiger partial charge on any atom is -0.494 e. The van der Waals surface area contributed by atoms with E-state index in [0.29, 0.717) is 32.4 Å². The molecule has 3 N–H and O–H groups in total. The molecule has 1 saturated heterocycles. The standard InChI is InChI=1S/C17H23FN2O4/c1-24-15-7-12-11(6-13(15)18)2-3-14(12)19-16(23)20-5-4-17(8-20,9-21)10-22/h6-7,14,21-22H,2-5,8-10H2,1H3,(H,19,23). The van der Waals surface area contributed by atoms with Crippen molar-refractivity contribution in [3.63, 3.8) is 0 Å². The van der Waals surface area contributed by atoms with Crippen LogP contribution in [0.3, 0.4) is 0 Å². The first-order valence-electron chi connectivity index (χ1n) is 8.15. The van der Waals surface area contributed by atoms with Crippen molar-refractivity contribution in [3.8, 4) is 5.75 Å². The number of nitrogens with zero attached hydrogens (tertiary/aromatic N) is 1. The first-order chi connectivity index (χ1) is 11.5. The largest absolute Gasteiger partial charge is 0.494 e. The van der Waals surface area contributed by atoms with Crippen LogP contribution in [0.5, 0.6) is 5.75 Å². The number of hydrogen-bond donors (Lipinski definition) is 3.